The van der Waals surface area contributed by atoms with Crippen LogP contribution in [0.2, 0.25) is 0 Å². The first-order chi connectivity index (χ1) is 16.2. The third kappa shape index (κ3) is 6.21. The van der Waals surface area contributed by atoms with Crippen LogP contribution in [0, 0.1) is 17.1 Å². The number of thiazole rings is 1. The highest BCUT2D eigenvalue weighted by atomic mass is 32.2. The Labute approximate surface area is 207 Å². The molecular formula is C22H28FN5O5S2. The van der Waals surface area contributed by atoms with Crippen molar-refractivity contribution in [2.45, 2.75) is 62.7 Å². The lowest BCUT2D eigenvalue weighted by molar-refractivity contribution is -0.117. The fraction of sp³-hybridized carbons (Fsp3) is 0.455. The molecule has 1 unspecified atom stereocenters. The van der Waals surface area contributed by atoms with E-state index in [0.29, 0.717) is 22.5 Å². The first-order valence-electron chi connectivity index (χ1n) is 10.6. The number of benzene rings is 1. The average Bonchev–Trinajstić information content (AvgIpc) is 3.25. The van der Waals surface area contributed by atoms with Crippen LogP contribution >= 0.6 is 11.3 Å². The van der Waals surface area contributed by atoms with Gasteiger partial charge in [-0.2, -0.15) is 5.26 Å². The van der Waals surface area contributed by atoms with E-state index in [-0.39, 0.29) is 32.2 Å². The number of nitrogens with zero attached hydrogens (tertiary/aromatic N) is 3. The minimum Gasteiger partial charge on any atom is -0.393 e. The molecule has 0 radical (unpaired) electrons. The van der Waals surface area contributed by atoms with Gasteiger partial charge in [0.05, 0.1) is 24.8 Å². The molecule has 35 heavy (non-hydrogen) atoms. The number of urea groups is 1. The number of aliphatic hydroxyl groups is 2. The maximum Gasteiger partial charge on any atom is 0.324 e. The molecular weight excluding hydrogens is 497 g/mol. The third-order valence-corrected chi connectivity index (χ3v) is 8.65. The number of aromatic nitrogens is 1. The van der Waals surface area contributed by atoms with E-state index in [9.17, 15) is 29.3 Å². The quantitative estimate of drug-likeness (QED) is 0.409. The second-order valence-electron chi connectivity index (χ2n) is 8.71. The lowest BCUT2D eigenvalue weighted by atomic mass is 9.85. The van der Waals surface area contributed by atoms with Gasteiger partial charge in [-0.05, 0) is 41.5 Å². The molecule has 0 aliphatic heterocycles. The number of nitrogens with one attached hydrogen (secondary N) is 1. The summed E-state index contributed by atoms with van der Waals surface area (Å²) in [7, 11) is -3.96. The largest absolute Gasteiger partial charge is 0.393 e. The van der Waals surface area contributed by atoms with Crippen LogP contribution in [0.1, 0.15) is 73.7 Å². The summed E-state index contributed by atoms with van der Waals surface area (Å²) < 4.78 is 34.1. The molecule has 1 aromatic carbocycles. The Kier molecular flexibility index (Phi) is 8.72. The normalized spacial score (nSPS) is 14.8. The van der Waals surface area contributed by atoms with Gasteiger partial charge < -0.3 is 15.9 Å². The molecule has 0 saturated carbocycles. The van der Waals surface area contributed by atoms with Crippen LogP contribution in [0.5, 0.6) is 0 Å². The maximum atomic E-state index is 15.1. The monoisotopic (exact) mass is 525 g/mol. The maximum absolute atomic E-state index is 15.1. The number of aliphatic hydroxyl groups excluding tert-OH is 1. The number of nitrogens with two attached hydrogens (primary N) is 1. The van der Waals surface area contributed by atoms with E-state index < -0.39 is 46.3 Å². The van der Waals surface area contributed by atoms with Crippen LogP contribution < -0.4 is 10.5 Å². The van der Waals surface area contributed by atoms with Gasteiger partial charge in [0.1, 0.15) is 26.7 Å². The molecule has 0 aliphatic rings. The molecule has 190 valence electrons. The summed E-state index contributed by atoms with van der Waals surface area (Å²) in [6.45, 7) is 7.69. The van der Waals surface area contributed by atoms with Crippen molar-refractivity contribution in [2.24, 2.45) is 10.1 Å². The fourth-order valence-electron chi connectivity index (χ4n) is 3.42. The first kappa shape index (κ1) is 28.3. The first-order valence-corrected chi connectivity index (χ1v) is 12.9. The Morgan fingerprint density at radius 1 is 1.37 bits per heavy atom. The summed E-state index contributed by atoms with van der Waals surface area (Å²) in [4.78, 5) is 28.5. The summed E-state index contributed by atoms with van der Waals surface area (Å²) in [5.74, 6) is -2.20. The van der Waals surface area contributed by atoms with Crippen LogP contribution in [0.25, 0.3) is 0 Å². The van der Waals surface area contributed by atoms with Crippen molar-refractivity contribution in [2.75, 3.05) is 6.61 Å². The molecule has 0 aliphatic carbocycles. The number of carbonyl (C=O) groups is 2. The zero-order valence-electron chi connectivity index (χ0n) is 20.0. The van der Waals surface area contributed by atoms with Crippen molar-refractivity contribution in [3.05, 3.63) is 45.3 Å². The van der Waals surface area contributed by atoms with Crippen LogP contribution in [-0.2, 0) is 26.7 Å². The molecule has 5 N–H and O–H groups in total. The summed E-state index contributed by atoms with van der Waals surface area (Å²) in [5, 5.41) is 28.9. The van der Waals surface area contributed by atoms with Crippen molar-refractivity contribution in [1.82, 2.24) is 9.71 Å². The molecule has 0 spiro atoms. The number of nitriles is 1. The predicted molar refractivity (Wildman–Crippen MR) is 128 cm³/mol. The van der Waals surface area contributed by atoms with E-state index in [1.165, 1.54) is 13.0 Å². The molecule has 1 heterocycles. The second-order valence-corrected chi connectivity index (χ2v) is 11.9. The summed E-state index contributed by atoms with van der Waals surface area (Å²) >= 11 is 0.676. The second kappa shape index (κ2) is 10.8. The van der Waals surface area contributed by atoms with Gasteiger partial charge in [0.25, 0.3) is 5.91 Å². The zero-order chi connectivity index (χ0) is 26.7. The number of carbonyl (C=O) groups excluding carboxylic acids is 2. The Morgan fingerprint density at radius 3 is 2.49 bits per heavy atom. The SMILES string of the molecule is CC(C)c1cc(C#N)c(F)c(C(C)C)c1CC(=O)N=S(=O)(NC(N)=O)c1cnc([C@](C)(O)CO)s1. The summed E-state index contributed by atoms with van der Waals surface area (Å²) in [6, 6.07) is 2.00. The Bertz CT molecular complexity index is 1300. The van der Waals surface area contributed by atoms with Gasteiger partial charge >= 0.3 is 6.03 Å². The number of amides is 3. The van der Waals surface area contributed by atoms with Crippen LogP contribution in [-0.4, -0.2) is 38.0 Å². The van der Waals surface area contributed by atoms with E-state index in [2.05, 4.69) is 9.35 Å². The Morgan fingerprint density at radius 2 is 2.00 bits per heavy atom. The van der Waals surface area contributed by atoms with E-state index in [0.717, 1.165) is 6.20 Å². The average molecular weight is 526 g/mol. The summed E-state index contributed by atoms with van der Waals surface area (Å²) in [5.41, 5.74) is 4.35. The lowest BCUT2D eigenvalue weighted by Crippen LogP contribution is -2.35. The van der Waals surface area contributed by atoms with Crippen molar-refractivity contribution in [3.8, 4) is 6.07 Å². The molecule has 1 aromatic heterocycles. The van der Waals surface area contributed by atoms with Crippen molar-refractivity contribution in [3.63, 3.8) is 0 Å². The van der Waals surface area contributed by atoms with Crippen molar-refractivity contribution < 1.29 is 28.4 Å². The van der Waals surface area contributed by atoms with Crippen molar-refractivity contribution >= 4 is 33.2 Å². The standard InChI is InChI=1S/C22H28FN5O5S2/c1-11(2)14-6-13(8-24)19(23)18(12(3)4)15(14)7-16(30)27-35(33,28-21(25)31)17-9-26-20(34-17)22(5,32)10-29/h6,9,11-12,29,32H,7,10H2,1-5H3,(H3,25,27,28,30,31,33)/t22-,35?/m1/s1. The lowest BCUT2D eigenvalue weighted by Gasteiger charge is -2.20. The number of hydrogen-bond donors (Lipinski definition) is 4. The van der Waals surface area contributed by atoms with Crippen LogP contribution in [0.15, 0.2) is 20.8 Å². The van der Waals surface area contributed by atoms with Gasteiger partial charge in [-0.1, -0.05) is 27.7 Å². The molecule has 0 saturated heterocycles. The van der Waals surface area contributed by atoms with Gasteiger partial charge in [-0.25, -0.2) is 23.1 Å². The number of halogens is 1. The number of rotatable bonds is 8. The smallest absolute Gasteiger partial charge is 0.324 e. The highest BCUT2D eigenvalue weighted by Gasteiger charge is 2.30. The minimum atomic E-state index is -3.96. The van der Waals surface area contributed by atoms with Gasteiger partial charge in [-0.3, -0.25) is 4.79 Å². The molecule has 2 atom stereocenters. The highest BCUT2D eigenvalue weighted by molar-refractivity contribution is 7.94. The topological polar surface area (TPSA) is 179 Å². The van der Waals surface area contributed by atoms with Gasteiger partial charge in [0.15, 0.2) is 9.92 Å². The number of hydrogen-bond acceptors (Lipinski definition) is 8. The van der Waals surface area contributed by atoms with Crippen LogP contribution in [0.4, 0.5) is 9.18 Å². The fourth-order valence-corrected chi connectivity index (χ4v) is 6.09. The van der Waals surface area contributed by atoms with Crippen molar-refractivity contribution in [1.29, 1.82) is 5.26 Å². The van der Waals surface area contributed by atoms with E-state index in [4.69, 9.17) is 5.73 Å². The number of primary amides is 1. The molecule has 0 bridgehead atoms. The van der Waals surface area contributed by atoms with E-state index >= 15 is 4.39 Å². The Hall–Kier alpha value is -2.92. The molecule has 3 amide bonds. The zero-order valence-corrected chi connectivity index (χ0v) is 21.6. The predicted octanol–water partition coefficient (Wildman–Crippen LogP) is 2.78. The van der Waals surface area contributed by atoms with E-state index in [1.807, 2.05) is 24.6 Å². The van der Waals surface area contributed by atoms with Gasteiger partial charge in [0, 0.05) is 0 Å². The summed E-state index contributed by atoms with van der Waals surface area (Å²) in [6.07, 6.45) is 0.612. The van der Waals surface area contributed by atoms with Gasteiger partial charge in [0.2, 0.25) is 0 Å². The third-order valence-electron chi connectivity index (χ3n) is 5.09. The van der Waals surface area contributed by atoms with E-state index in [1.54, 1.807) is 13.8 Å². The Balaban J connectivity index is 2.66. The molecule has 0 fully saturated rings. The minimum absolute atomic E-state index is 0.0185. The highest BCUT2D eigenvalue weighted by Crippen LogP contribution is 2.33. The van der Waals surface area contributed by atoms with Gasteiger partial charge in [-0.15, -0.1) is 15.7 Å². The van der Waals surface area contributed by atoms with Crippen LogP contribution in [0.3, 0.4) is 0 Å². The molecule has 10 nitrogen and oxygen atoms in total. The molecule has 2 aromatic rings. The molecule has 2 rings (SSSR count). The molecule has 13 heteroatoms.